The summed E-state index contributed by atoms with van der Waals surface area (Å²) in [5.74, 6) is 2.71. The zero-order valence-electron chi connectivity index (χ0n) is 17.5. The number of piperidine rings is 1. The lowest BCUT2D eigenvalue weighted by atomic mass is 10.0. The summed E-state index contributed by atoms with van der Waals surface area (Å²) in [5.41, 5.74) is 1.03. The fourth-order valence-corrected chi connectivity index (χ4v) is 3.37. The molecule has 7 nitrogen and oxygen atoms in total. The average molecular weight is 379 g/mol. The van der Waals surface area contributed by atoms with Crippen molar-refractivity contribution in [2.45, 2.75) is 45.3 Å². The van der Waals surface area contributed by atoms with Gasteiger partial charge in [-0.25, -0.2) is 0 Å². The standard InChI is InChI=1S/C20H34N4O3/c1-14(2)24-9-7-16(8-10-24)23-20(21-3)22-13-15-11-17(25-4)19(27-6)18(12-15)26-5/h11-12,14,16H,7-10,13H2,1-6H3,(H2,21,22,23). The number of rotatable bonds is 7. The Hall–Kier alpha value is -2.15. The van der Waals surface area contributed by atoms with Gasteiger partial charge in [0.05, 0.1) is 21.3 Å². The number of guanidine groups is 1. The average Bonchev–Trinajstić information content (AvgIpc) is 2.70. The number of likely N-dealkylation sites (tertiary alicyclic amines) is 1. The second kappa shape index (κ2) is 10.3. The van der Waals surface area contributed by atoms with E-state index >= 15 is 0 Å². The first-order valence-electron chi connectivity index (χ1n) is 9.52. The van der Waals surface area contributed by atoms with Crippen LogP contribution in [0.4, 0.5) is 0 Å². The molecule has 1 aliphatic rings. The minimum absolute atomic E-state index is 0.450. The summed E-state index contributed by atoms with van der Waals surface area (Å²) in [7, 11) is 6.65. The number of aliphatic imine (C=N–C) groups is 1. The molecule has 0 spiro atoms. The maximum absolute atomic E-state index is 5.42. The summed E-state index contributed by atoms with van der Waals surface area (Å²) in [4.78, 5) is 6.88. The van der Waals surface area contributed by atoms with Crippen LogP contribution in [0.15, 0.2) is 17.1 Å². The third-order valence-electron chi connectivity index (χ3n) is 5.01. The molecule has 1 heterocycles. The number of methoxy groups -OCH3 is 3. The molecule has 152 valence electrons. The van der Waals surface area contributed by atoms with Gasteiger partial charge in [0, 0.05) is 38.8 Å². The molecule has 0 amide bonds. The van der Waals surface area contributed by atoms with Gasteiger partial charge in [0.2, 0.25) is 5.75 Å². The van der Waals surface area contributed by atoms with Crippen LogP contribution in [0.5, 0.6) is 17.2 Å². The summed E-state index contributed by atoms with van der Waals surface area (Å²) in [6.07, 6.45) is 2.26. The Balaban J connectivity index is 1.94. The van der Waals surface area contributed by atoms with Crippen molar-refractivity contribution in [3.8, 4) is 17.2 Å². The number of ether oxygens (including phenoxy) is 3. The van der Waals surface area contributed by atoms with Gasteiger partial charge in [0.1, 0.15) is 0 Å². The van der Waals surface area contributed by atoms with E-state index in [1.54, 1.807) is 28.4 Å². The van der Waals surface area contributed by atoms with Crippen LogP contribution in [-0.4, -0.2) is 64.4 Å². The van der Waals surface area contributed by atoms with E-state index in [0.29, 0.717) is 35.9 Å². The van der Waals surface area contributed by atoms with Crippen molar-refractivity contribution >= 4 is 5.96 Å². The lowest BCUT2D eigenvalue weighted by molar-refractivity contribution is 0.167. The van der Waals surface area contributed by atoms with Crippen molar-refractivity contribution < 1.29 is 14.2 Å². The maximum atomic E-state index is 5.42. The molecule has 1 aromatic rings. The molecule has 2 rings (SSSR count). The Morgan fingerprint density at radius 1 is 1.11 bits per heavy atom. The van der Waals surface area contributed by atoms with E-state index in [9.17, 15) is 0 Å². The normalized spacial score (nSPS) is 16.3. The Labute approximate surface area is 163 Å². The van der Waals surface area contributed by atoms with Crippen molar-refractivity contribution in [3.63, 3.8) is 0 Å². The summed E-state index contributed by atoms with van der Waals surface area (Å²) in [6, 6.07) is 4.96. The van der Waals surface area contributed by atoms with Crippen LogP contribution in [0.25, 0.3) is 0 Å². The zero-order valence-corrected chi connectivity index (χ0v) is 17.5. The van der Waals surface area contributed by atoms with Gasteiger partial charge in [0.25, 0.3) is 0 Å². The topological polar surface area (TPSA) is 67.4 Å². The van der Waals surface area contributed by atoms with E-state index in [0.717, 1.165) is 37.5 Å². The number of nitrogens with zero attached hydrogens (tertiary/aromatic N) is 2. The lowest BCUT2D eigenvalue weighted by Gasteiger charge is -2.35. The van der Waals surface area contributed by atoms with Gasteiger partial charge in [-0.1, -0.05) is 0 Å². The first kappa shape index (κ1) is 21.2. The monoisotopic (exact) mass is 378 g/mol. The minimum Gasteiger partial charge on any atom is -0.493 e. The smallest absolute Gasteiger partial charge is 0.203 e. The third kappa shape index (κ3) is 5.66. The van der Waals surface area contributed by atoms with Crippen molar-refractivity contribution in [2.75, 3.05) is 41.5 Å². The van der Waals surface area contributed by atoms with Crippen LogP contribution in [0.2, 0.25) is 0 Å². The summed E-state index contributed by atoms with van der Waals surface area (Å²) in [6.45, 7) is 7.37. The van der Waals surface area contributed by atoms with Crippen molar-refractivity contribution in [3.05, 3.63) is 17.7 Å². The van der Waals surface area contributed by atoms with Crippen LogP contribution in [0.1, 0.15) is 32.3 Å². The quantitative estimate of drug-likeness (QED) is 0.560. The molecule has 1 aliphatic heterocycles. The van der Waals surface area contributed by atoms with Crippen LogP contribution >= 0.6 is 0 Å². The van der Waals surface area contributed by atoms with Gasteiger partial charge in [-0.05, 0) is 44.4 Å². The van der Waals surface area contributed by atoms with E-state index in [1.165, 1.54) is 0 Å². The Bertz CT molecular complexity index is 601. The highest BCUT2D eigenvalue weighted by atomic mass is 16.5. The van der Waals surface area contributed by atoms with E-state index < -0.39 is 0 Å². The predicted molar refractivity (Wildman–Crippen MR) is 109 cm³/mol. The Morgan fingerprint density at radius 3 is 2.15 bits per heavy atom. The first-order valence-corrected chi connectivity index (χ1v) is 9.52. The second-order valence-corrected chi connectivity index (χ2v) is 7.01. The molecule has 0 aromatic heterocycles. The van der Waals surface area contributed by atoms with Crippen LogP contribution < -0.4 is 24.8 Å². The molecule has 1 saturated heterocycles. The van der Waals surface area contributed by atoms with Gasteiger partial charge < -0.3 is 29.7 Å². The molecular formula is C20H34N4O3. The van der Waals surface area contributed by atoms with E-state index in [2.05, 4.69) is 34.4 Å². The molecule has 0 aliphatic carbocycles. The molecule has 27 heavy (non-hydrogen) atoms. The van der Waals surface area contributed by atoms with E-state index in [4.69, 9.17) is 14.2 Å². The fraction of sp³-hybridized carbons (Fsp3) is 0.650. The number of nitrogens with one attached hydrogen (secondary N) is 2. The number of hydrogen-bond donors (Lipinski definition) is 2. The molecule has 0 radical (unpaired) electrons. The third-order valence-corrected chi connectivity index (χ3v) is 5.01. The number of benzene rings is 1. The van der Waals surface area contributed by atoms with Crippen molar-refractivity contribution in [2.24, 2.45) is 4.99 Å². The van der Waals surface area contributed by atoms with Crippen molar-refractivity contribution in [1.82, 2.24) is 15.5 Å². The molecule has 7 heteroatoms. The van der Waals surface area contributed by atoms with Gasteiger partial charge in [-0.2, -0.15) is 0 Å². The predicted octanol–water partition coefficient (Wildman–Crippen LogP) is 2.25. The van der Waals surface area contributed by atoms with Gasteiger partial charge in [-0.15, -0.1) is 0 Å². The molecule has 0 saturated carbocycles. The summed E-state index contributed by atoms with van der Waals surface area (Å²) in [5, 5.41) is 6.92. The van der Waals surface area contributed by atoms with Crippen LogP contribution in [0, 0.1) is 0 Å². The molecular weight excluding hydrogens is 344 g/mol. The second-order valence-electron chi connectivity index (χ2n) is 7.01. The molecule has 0 bridgehead atoms. The molecule has 2 N–H and O–H groups in total. The highest BCUT2D eigenvalue weighted by molar-refractivity contribution is 5.80. The zero-order chi connectivity index (χ0) is 19.8. The van der Waals surface area contributed by atoms with E-state index in [1.807, 2.05) is 12.1 Å². The van der Waals surface area contributed by atoms with Crippen LogP contribution in [-0.2, 0) is 6.54 Å². The fourth-order valence-electron chi connectivity index (χ4n) is 3.37. The molecule has 0 unspecified atom stereocenters. The molecule has 0 atom stereocenters. The first-order chi connectivity index (χ1) is 13.0. The summed E-state index contributed by atoms with van der Waals surface area (Å²) < 4.78 is 16.2. The van der Waals surface area contributed by atoms with Gasteiger partial charge in [-0.3, -0.25) is 4.99 Å². The lowest BCUT2D eigenvalue weighted by Crippen LogP contribution is -2.49. The minimum atomic E-state index is 0.450. The van der Waals surface area contributed by atoms with E-state index in [-0.39, 0.29) is 0 Å². The molecule has 1 fully saturated rings. The highest BCUT2D eigenvalue weighted by Crippen LogP contribution is 2.38. The highest BCUT2D eigenvalue weighted by Gasteiger charge is 2.21. The largest absolute Gasteiger partial charge is 0.493 e. The maximum Gasteiger partial charge on any atom is 0.203 e. The SMILES string of the molecule is CN=C(NCc1cc(OC)c(OC)c(OC)c1)NC1CCN(C(C)C)CC1. The summed E-state index contributed by atoms with van der Waals surface area (Å²) >= 11 is 0. The van der Waals surface area contributed by atoms with Crippen molar-refractivity contribution in [1.29, 1.82) is 0 Å². The van der Waals surface area contributed by atoms with Crippen LogP contribution in [0.3, 0.4) is 0 Å². The Kier molecular flexibility index (Phi) is 8.03. The Morgan fingerprint density at radius 2 is 1.70 bits per heavy atom. The number of hydrogen-bond acceptors (Lipinski definition) is 5. The van der Waals surface area contributed by atoms with Gasteiger partial charge >= 0.3 is 0 Å². The molecule has 1 aromatic carbocycles. The van der Waals surface area contributed by atoms with Gasteiger partial charge in [0.15, 0.2) is 17.5 Å².